The maximum absolute atomic E-state index is 12.2. The van der Waals surface area contributed by atoms with Crippen LogP contribution in [0.1, 0.15) is 24.0 Å². The predicted octanol–water partition coefficient (Wildman–Crippen LogP) is 2.74. The zero-order valence-corrected chi connectivity index (χ0v) is 15.4. The van der Waals surface area contributed by atoms with Gasteiger partial charge in [-0.3, -0.25) is 9.59 Å². The summed E-state index contributed by atoms with van der Waals surface area (Å²) in [4.78, 5) is 27.8. The van der Waals surface area contributed by atoms with E-state index in [2.05, 4.69) is 5.32 Å². The molecule has 1 saturated heterocycles. The molecule has 1 aliphatic rings. The molecule has 2 amide bonds. The van der Waals surface area contributed by atoms with Crippen LogP contribution in [0.2, 0.25) is 0 Å². The van der Waals surface area contributed by atoms with Gasteiger partial charge in [0.2, 0.25) is 11.8 Å². The molecule has 1 aliphatic heterocycles. The lowest BCUT2D eigenvalue weighted by Gasteiger charge is -2.16. The first-order chi connectivity index (χ1) is 12.5. The van der Waals surface area contributed by atoms with Crippen LogP contribution in [0, 0.1) is 0 Å². The van der Waals surface area contributed by atoms with Gasteiger partial charge in [-0.1, -0.05) is 24.3 Å². The van der Waals surface area contributed by atoms with Gasteiger partial charge in [0.15, 0.2) is 0 Å². The molecule has 0 bridgehead atoms. The number of nitrogens with zero attached hydrogens (tertiary/aromatic N) is 2. The minimum Gasteiger partial charge on any atom is -0.378 e. The average molecular weight is 351 g/mol. The Labute approximate surface area is 154 Å². The summed E-state index contributed by atoms with van der Waals surface area (Å²) in [6, 6.07) is 15.8. The molecular formula is C21H25N3O2. The molecule has 136 valence electrons. The van der Waals surface area contributed by atoms with Gasteiger partial charge < -0.3 is 15.1 Å². The fraction of sp³-hybridized carbons (Fsp3) is 0.333. The lowest BCUT2D eigenvalue weighted by Crippen LogP contribution is -2.25. The Morgan fingerprint density at radius 3 is 2.27 bits per heavy atom. The standard InChI is InChI=1S/C21H25N3O2/c1-23(2)18-9-7-17(8-10-18)15-22-20(25)14-16-5-11-19(12-6-16)24-13-3-4-21(24)26/h5-12H,3-4,13-15H2,1-2H3,(H,22,25). The fourth-order valence-corrected chi connectivity index (χ4v) is 3.08. The van der Waals surface area contributed by atoms with Crippen LogP contribution in [0.15, 0.2) is 48.5 Å². The van der Waals surface area contributed by atoms with Gasteiger partial charge in [0, 0.05) is 45.0 Å². The number of carbonyl (C=O) groups excluding carboxylic acids is 2. The van der Waals surface area contributed by atoms with Gasteiger partial charge in [0.05, 0.1) is 6.42 Å². The highest BCUT2D eigenvalue weighted by Crippen LogP contribution is 2.21. The second-order valence-corrected chi connectivity index (χ2v) is 6.83. The van der Waals surface area contributed by atoms with Crippen molar-refractivity contribution < 1.29 is 9.59 Å². The van der Waals surface area contributed by atoms with E-state index in [0.717, 1.165) is 35.5 Å². The van der Waals surface area contributed by atoms with Gasteiger partial charge >= 0.3 is 0 Å². The van der Waals surface area contributed by atoms with Crippen LogP contribution in [0.4, 0.5) is 11.4 Å². The largest absolute Gasteiger partial charge is 0.378 e. The smallest absolute Gasteiger partial charge is 0.227 e. The number of hydrogen-bond acceptors (Lipinski definition) is 3. The number of nitrogens with one attached hydrogen (secondary N) is 1. The Morgan fingerprint density at radius 1 is 1.04 bits per heavy atom. The fourth-order valence-electron chi connectivity index (χ4n) is 3.08. The molecule has 26 heavy (non-hydrogen) atoms. The van der Waals surface area contributed by atoms with E-state index < -0.39 is 0 Å². The van der Waals surface area contributed by atoms with Crippen molar-refractivity contribution in [1.82, 2.24) is 5.32 Å². The van der Waals surface area contributed by atoms with E-state index in [1.807, 2.05) is 67.5 Å². The molecule has 0 spiro atoms. The first kappa shape index (κ1) is 18.0. The van der Waals surface area contributed by atoms with Crippen molar-refractivity contribution in [1.29, 1.82) is 0 Å². The van der Waals surface area contributed by atoms with Crippen LogP contribution >= 0.6 is 0 Å². The predicted molar refractivity (Wildman–Crippen MR) is 104 cm³/mol. The van der Waals surface area contributed by atoms with Crippen molar-refractivity contribution in [2.24, 2.45) is 0 Å². The summed E-state index contributed by atoms with van der Waals surface area (Å²) in [7, 11) is 4.00. The van der Waals surface area contributed by atoms with Gasteiger partial charge in [-0.15, -0.1) is 0 Å². The molecule has 5 nitrogen and oxygen atoms in total. The van der Waals surface area contributed by atoms with Gasteiger partial charge in [0.1, 0.15) is 0 Å². The molecule has 0 aromatic heterocycles. The van der Waals surface area contributed by atoms with E-state index in [1.54, 1.807) is 4.90 Å². The van der Waals surface area contributed by atoms with Crippen molar-refractivity contribution in [3.8, 4) is 0 Å². The van der Waals surface area contributed by atoms with E-state index in [1.165, 1.54) is 0 Å². The third-order valence-corrected chi connectivity index (χ3v) is 4.63. The van der Waals surface area contributed by atoms with Gasteiger partial charge in [0.25, 0.3) is 0 Å². The molecule has 2 aromatic rings. The Morgan fingerprint density at radius 2 is 1.69 bits per heavy atom. The van der Waals surface area contributed by atoms with Crippen molar-refractivity contribution in [2.75, 3.05) is 30.4 Å². The van der Waals surface area contributed by atoms with Crippen molar-refractivity contribution in [3.05, 3.63) is 59.7 Å². The Kier molecular flexibility index (Phi) is 5.56. The number of amides is 2. The van der Waals surface area contributed by atoms with E-state index in [-0.39, 0.29) is 11.8 Å². The quantitative estimate of drug-likeness (QED) is 0.871. The summed E-state index contributed by atoms with van der Waals surface area (Å²) in [6.45, 7) is 1.30. The first-order valence-corrected chi connectivity index (χ1v) is 8.95. The lowest BCUT2D eigenvalue weighted by atomic mass is 10.1. The van der Waals surface area contributed by atoms with E-state index >= 15 is 0 Å². The van der Waals surface area contributed by atoms with Crippen LogP contribution < -0.4 is 15.1 Å². The molecule has 0 unspecified atom stereocenters. The molecule has 1 N–H and O–H groups in total. The molecule has 1 heterocycles. The summed E-state index contributed by atoms with van der Waals surface area (Å²) in [6.07, 6.45) is 1.88. The number of anilines is 2. The minimum atomic E-state index is -0.00770. The molecule has 0 saturated carbocycles. The molecule has 3 rings (SSSR count). The molecule has 2 aromatic carbocycles. The van der Waals surface area contributed by atoms with Crippen molar-refractivity contribution >= 4 is 23.2 Å². The van der Waals surface area contributed by atoms with Crippen LogP contribution in [-0.4, -0.2) is 32.5 Å². The highest BCUT2D eigenvalue weighted by atomic mass is 16.2. The number of rotatable bonds is 6. The molecule has 5 heteroatoms. The number of benzene rings is 2. The first-order valence-electron chi connectivity index (χ1n) is 8.95. The summed E-state index contributed by atoms with van der Waals surface area (Å²) >= 11 is 0. The Balaban J connectivity index is 1.50. The molecular weight excluding hydrogens is 326 g/mol. The normalized spacial score (nSPS) is 13.8. The second kappa shape index (κ2) is 8.04. The third kappa shape index (κ3) is 4.42. The molecule has 0 aliphatic carbocycles. The highest BCUT2D eigenvalue weighted by Gasteiger charge is 2.21. The lowest BCUT2D eigenvalue weighted by molar-refractivity contribution is -0.120. The number of carbonyl (C=O) groups is 2. The monoisotopic (exact) mass is 351 g/mol. The summed E-state index contributed by atoms with van der Waals surface area (Å²) in [5.74, 6) is 0.169. The van der Waals surface area contributed by atoms with Gasteiger partial charge in [-0.25, -0.2) is 0 Å². The number of hydrogen-bond donors (Lipinski definition) is 1. The van der Waals surface area contributed by atoms with Gasteiger partial charge in [-0.05, 0) is 41.8 Å². The van der Waals surface area contributed by atoms with E-state index in [0.29, 0.717) is 19.4 Å². The van der Waals surface area contributed by atoms with E-state index in [4.69, 9.17) is 0 Å². The maximum atomic E-state index is 12.2. The Bertz CT molecular complexity index is 767. The molecule has 0 atom stereocenters. The summed E-state index contributed by atoms with van der Waals surface area (Å²) in [5.41, 5.74) is 4.07. The van der Waals surface area contributed by atoms with E-state index in [9.17, 15) is 9.59 Å². The highest BCUT2D eigenvalue weighted by molar-refractivity contribution is 5.95. The zero-order chi connectivity index (χ0) is 18.5. The topological polar surface area (TPSA) is 52.7 Å². The van der Waals surface area contributed by atoms with Crippen LogP contribution in [0.5, 0.6) is 0 Å². The summed E-state index contributed by atoms with van der Waals surface area (Å²) in [5, 5.41) is 2.96. The third-order valence-electron chi connectivity index (χ3n) is 4.63. The van der Waals surface area contributed by atoms with Crippen molar-refractivity contribution in [2.45, 2.75) is 25.8 Å². The van der Waals surface area contributed by atoms with Gasteiger partial charge in [-0.2, -0.15) is 0 Å². The van der Waals surface area contributed by atoms with Crippen molar-refractivity contribution in [3.63, 3.8) is 0 Å². The summed E-state index contributed by atoms with van der Waals surface area (Å²) < 4.78 is 0. The van der Waals surface area contributed by atoms with Crippen LogP contribution in [0.3, 0.4) is 0 Å². The minimum absolute atomic E-state index is 0.00770. The molecule has 0 radical (unpaired) electrons. The SMILES string of the molecule is CN(C)c1ccc(CNC(=O)Cc2ccc(N3CCCC3=O)cc2)cc1. The zero-order valence-electron chi connectivity index (χ0n) is 15.4. The average Bonchev–Trinajstić information content (AvgIpc) is 3.07. The van der Waals surface area contributed by atoms with Crippen LogP contribution in [0.25, 0.3) is 0 Å². The van der Waals surface area contributed by atoms with Crippen LogP contribution in [-0.2, 0) is 22.6 Å². The second-order valence-electron chi connectivity index (χ2n) is 6.83. The molecule has 1 fully saturated rings. The Hall–Kier alpha value is -2.82. The maximum Gasteiger partial charge on any atom is 0.227 e.